The third-order valence-electron chi connectivity index (χ3n) is 3.12. The lowest BCUT2D eigenvalue weighted by molar-refractivity contribution is -0.143. The molecule has 114 valence electrons. The smallest absolute Gasteiger partial charge is 0.307 e. The molecule has 0 fully saturated rings. The average Bonchev–Trinajstić information content (AvgIpc) is 2.47. The van der Waals surface area contributed by atoms with Gasteiger partial charge in [0.1, 0.15) is 11.8 Å². The highest BCUT2D eigenvalue weighted by atomic mass is 16.5. The fourth-order valence-corrected chi connectivity index (χ4v) is 2.15. The van der Waals surface area contributed by atoms with Crippen molar-refractivity contribution >= 4 is 5.97 Å². The maximum absolute atomic E-state index is 11.5. The monoisotopic (exact) mass is 290 g/mol. The van der Waals surface area contributed by atoms with Crippen molar-refractivity contribution < 1.29 is 14.6 Å². The first kappa shape index (κ1) is 17.0. The van der Waals surface area contributed by atoms with Gasteiger partial charge in [0, 0.05) is 6.54 Å². The molecular formula is C16H22N2O3. The van der Waals surface area contributed by atoms with Gasteiger partial charge in [0.25, 0.3) is 0 Å². The minimum Gasteiger partial charge on any atom is -0.508 e. The molecule has 0 aliphatic rings. The number of carbonyl (C=O) groups excluding carboxylic acids is 1. The summed E-state index contributed by atoms with van der Waals surface area (Å²) in [7, 11) is 0. The van der Waals surface area contributed by atoms with E-state index in [0.717, 1.165) is 18.5 Å². The largest absolute Gasteiger partial charge is 0.508 e. The van der Waals surface area contributed by atoms with Crippen LogP contribution in [0, 0.1) is 11.3 Å². The summed E-state index contributed by atoms with van der Waals surface area (Å²) in [5.41, 5.74) is 0.813. The molecule has 0 saturated carbocycles. The Bertz CT molecular complexity index is 479. The third kappa shape index (κ3) is 5.44. The quantitative estimate of drug-likeness (QED) is 0.745. The van der Waals surface area contributed by atoms with E-state index in [4.69, 9.17) is 4.74 Å². The van der Waals surface area contributed by atoms with Crippen molar-refractivity contribution in [2.75, 3.05) is 19.7 Å². The molecule has 0 heterocycles. The standard InChI is InChI=1S/C16H22N2O3/c1-3-10-18(11-9-16(20)21-4-2)15(12-17)13-5-7-14(19)8-6-13/h5-8,15,19H,3-4,9-11H2,1-2H3. The van der Waals surface area contributed by atoms with E-state index in [2.05, 4.69) is 6.07 Å². The van der Waals surface area contributed by atoms with E-state index in [-0.39, 0.29) is 18.1 Å². The molecule has 1 unspecified atom stereocenters. The summed E-state index contributed by atoms with van der Waals surface area (Å²) in [5, 5.41) is 18.8. The van der Waals surface area contributed by atoms with Gasteiger partial charge in [-0.2, -0.15) is 5.26 Å². The number of nitrogens with zero attached hydrogens (tertiary/aromatic N) is 2. The summed E-state index contributed by atoms with van der Waals surface area (Å²) in [4.78, 5) is 13.4. The summed E-state index contributed by atoms with van der Waals surface area (Å²) < 4.78 is 4.92. The Labute approximate surface area is 125 Å². The summed E-state index contributed by atoms with van der Waals surface area (Å²) in [6, 6.07) is 8.43. The molecule has 1 aromatic rings. The Kier molecular flexibility index (Phi) is 7.27. The van der Waals surface area contributed by atoms with Crippen LogP contribution < -0.4 is 0 Å². The van der Waals surface area contributed by atoms with Crippen LogP contribution >= 0.6 is 0 Å². The van der Waals surface area contributed by atoms with Gasteiger partial charge in [-0.05, 0) is 37.6 Å². The lowest BCUT2D eigenvalue weighted by atomic mass is 10.1. The van der Waals surface area contributed by atoms with Gasteiger partial charge in [0.2, 0.25) is 0 Å². The molecule has 0 spiro atoms. The fraction of sp³-hybridized carbons (Fsp3) is 0.500. The normalized spacial score (nSPS) is 11.9. The van der Waals surface area contributed by atoms with Crippen LogP contribution in [0.2, 0.25) is 0 Å². The summed E-state index contributed by atoms with van der Waals surface area (Å²) in [5.74, 6) is -0.0787. The molecule has 21 heavy (non-hydrogen) atoms. The van der Waals surface area contributed by atoms with Crippen molar-refractivity contribution in [3.05, 3.63) is 29.8 Å². The topological polar surface area (TPSA) is 73.6 Å². The second kappa shape index (κ2) is 8.98. The second-order valence-electron chi connectivity index (χ2n) is 4.71. The highest BCUT2D eigenvalue weighted by Crippen LogP contribution is 2.22. The van der Waals surface area contributed by atoms with Crippen molar-refractivity contribution in [2.24, 2.45) is 0 Å². The van der Waals surface area contributed by atoms with Crippen LogP contribution in [-0.4, -0.2) is 35.7 Å². The molecule has 0 aromatic heterocycles. The number of nitriles is 1. The highest BCUT2D eigenvalue weighted by Gasteiger charge is 2.20. The highest BCUT2D eigenvalue weighted by molar-refractivity contribution is 5.69. The maximum Gasteiger partial charge on any atom is 0.307 e. The first-order valence-corrected chi connectivity index (χ1v) is 7.20. The number of esters is 1. The summed E-state index contributed by atoms with van der Waals surface area (Å²) >= 11 is 0. The number of carbonyl (C=O) groups is 1. The molecule has 0 saturated heterocycles. The second-order valence-corrected chi connectivity index (χ2v) is 4.71. The molecule has 1 aromatic carbocycles. The number of benzene rings is 1. The Hall–Kier alpha value is -2.06. The van der Waals surface area contributed by atoms with Crippen LogP contribution in [0.5, 0.6) is 5.75 Å². The first-order valence-electron chi connectivity index (χ1n) is 7.20. The van der Waals surface area contributed by atoms with Crippen LogP contribution in [0.15, 0.2) is 24.3 Å². The average molecular weight is 290 g/mol. The van der Waals surface area contributed by atoms with Crippen molar-refractivity contribution in [1.82, 2.24) is 4.90 Å². The molecule has 1 rings (SSSR count). The zero-order valence-corrected chi connectivity index (χ0v) is 12.6. The van der Waals surface area contributed by atoms with Crippen LogP contribution in [0.1, 0.15) is 38.3 Å². The number of ether oxygens (including phenoxy) is 1. The number of hydrogen-bond acceptors (Lipinski definition) is 5. The van der Waals surface area contributed by atoms with Crippen molar-refractivity contribution in [1.29, 1.82) is 5.26 Å². The Balaban J connectivity index is 2.78. The van der Waals surface area contributed by atoms with E-state index < -0.39 is 6.04 Å². The van der Waals surface area contributed by atoms with Crippen LogP contribution in [0.3, 0.4) is 0 Å². The van der Waals surface area contributed by atoms with Gasteiger partial charge < -0.3 is 9.84 Å². The lowest BCUT2D eigenvalue weighted by Gasteiger charge is -2.26. The van der Waals surface area contributed by atoms with E-state index in [1.165, 1.54) is 0 Å². The predicted octanol–water partition coefficient (Wildman–Crippen LogP) is 2.62. The molecule has 1 atom stereocenters. The summed E-state index contributed by atoms with van der Waals surface area (Å²) in [6.45, 7) is 5.37. The SMILES string of the molecule is CCCN(CCC(=O)OCC)C(C#N)c1ccc(O)cc1. The van der Waals surface area contributed by atoms with E-state index in [9.17, 15) is 15.2 Å². The summed E-state index contributed by atoms with van der Waals surface area (Å²) in [6.07, 6.45) is 1.16. The van der Waals surface area contributed by atoms with Crippen LogP contribution in [0.4, 0.5) is 0 Å². The molecule has 5 heteroatoms. The van der Waals surface area contributed by atoms with E-state index in [1.807, 2.05) is 11.8 Å². The zero-order chi connectivity index (χ0) is 15.7. The Morgan fingerprint density at radius 2 is 2.00 bits per heavy atom. The van der Waals surface area contributed by atoms with E-state index in [0.29, 0.717) is 13.2 Å². The predicted molar refractivity (Wildman–Crippen MR) is 79.6 cm³/mol. The minimum absolute atomic E-state index is 0.170. The Morgan fingerprint density at radius 3 is 2.52 bits per heavy atom. The van der Waals surface area contributed by atoms with Crippen LogP contribution in [-0.2, 0) is 9.53 Å². The van der Waals surface area contributed by atoms with Crippen LogP contribution in [0.25, 0.3) is 0 Å². The van der Waals surface area contributed by atoms with E-state index in [1.54, 1.807) is 31.2 Å². The first-order chi connectivity index (χ1) is 10.1. The van der Waals surface area contributed by atoms with Gasteiger partial charge >= 0.3 is 5.97 Å². The van der Waals surface area contributed by atoms with E-state index >= 15 is 0 Å². The van der Waals surface area contributed by atoms with Gasteiger partial charge in [0.05, 0.1) is 19.1 Å². The van der Waals surface area contributed by atoms with Gasteiger partial charge in [-0.25, -0.2) is 0 Å². The Morgan fingerprint density at radius 1 is 1.33 bits per heavy atom. The van der Waals surface area contributed by atoms with Crippen molar-refractivity contribution in [2.45, 2.75) is 32.7 Å². The molecule has 5 nitrogen and oxygen atoms in total. The molecular weight excluding hydrogens is 268 g/mol. The van der Waals surface area contributed by atoms with Crippen molar-refractivity contribution in [3.63, 3.8) is 0 Å². The number of aromatic hydroxyl groups is 1. The van der Waals surface area contributed by atoms with Gasteiger partial charge in [0.15, 0.2) is 0 Å². The number of phenols is 1. The zero-order valence-electron chi connectivity index (χ0n) is 12.6. The molecule has 0 bridgehead atoms. The lowest BCUT2D eigenvalue weighted by Crippen LogP contribution is -2.31. The van der Waals surface area contributed by atoms with Gasteiger partial charge in [-0.3, -0.25) is 9.69 Å². The minimum atomic E-state index is -0.431. The molecule has 0 aliphatic carbocycles. The molecule has 0 aliphatic heterocycles. The van der Waals surface area contributed by atoms with Crippen molar-refractivity contribution in [3.8, 4) is 11.8 Å². The molecule has 0 amide bonds. The third-order valence-corrected chi connectivity index (χ3v) is 3.12. The fourth-order valence-electron chi connectivity index (χ4n) is 2.15. The maximum atomic E-state index is 11.5. The van der Waals surface area contributed by atoms with Gasteiger partial charge in [-0.1, -0.05) is 19.1 Å². The molecule has 1 N–H and O–H groups in total. The number of rotatable bonds is 8. The van der Waals surface area contributed by atoms with Gasteiger partial charge in [-0.15, -0.1) is 0 Å². The number of phenolic OH excluding ortho intramolecular Hbond substituents is 1. The molecule has 0 radical (unpaired) electrons. The number of hydrogen-bond donors (Lipinski definition) is 1.